The highest BCUT2D eigenvalue weighted by molar-refractivity contribution is 6.31. The SMILES string of the molecule is CNC(=O)C(CCC=O)N1Cc2c(CCC(C=Nc3ccc4c(ccn4CCOC)c3)=NN)cccc2C1=O. The number of carbonyl (C=O) groups is 3. The maximum Gasteiger partial charge on any atom is 0.255 e. The Hall–Kier alpha value is -4.31. The molecule has 1 unspecified atom stereocenters. The lowest BCUT2D eigenvalue weighted by Crippen LogP contribution is -2.46. The van der Waals surface area contributed by atoms with Gasteiger partial charge < -0.3 is 30.2 Å². The van der Waals surface area contributed by atoms with Gasteiger partial charge in [-0.25, -0.2) is 0 Å². The fourth-order valence-corrected chi connectivity index (χ4v) is 4.95. The second-order valence-corrected chi connectivity index (χ2v) is 9.37. The lowest BCUT2D eigenvalue weighted by molar-refractivity contribution is -0.125. The number of ether oxygens (including phenoxy) is 1. The molecule has 2 heterocycles. The summed E-state index contributed by atoms with van der Waals surface area (Å²) in [7, 11) is 3.22. The number of methoxy groups -OCH3 is 1. The zero-order valence-corrected chi connectivity index (χ0v) is 22.3. The highest BCUT2D eigenvalue weighted by Gasteiger charge is 2.36. The number of rotatable bonds is 13. The third-order valence-corrected chi connectivity index (χ3v) is 7.05. The lowest BCUT2D eigenvalue weighted by Gasteiger charge is -2.25. The molecule has 3 aromatic rings. The van der Waals surface area contributed by atoms with Crippen molar-refractivity contribution in [2.45, 2.75) is 44.8 Å². The van der Waals surface area contributed by atoms with Gasteiger partial charge in [-0.15, -0.1) is 0 Å². The smallest absolute Gasteiger partial charge is 0.255 e. The summed E-state index contributed by atoms with van der Waals surface area (Å²) in [5, 5.41) is 7.62. The van der Waals surface area contributed by atoms with Crippen molar-refractivity contribution in [2.75, 3.05) is 20.8 Å². The van der Waals surface area contributed by atoms with Crippen LogP contribution in [0.3, 0.4) is 0 Å². The first-order valence-corrected chi connectivity index (χ1v) is 13.0. The minimum Gasteiger partial charge on any atom is -0.383 e. The molecule has 0 radical (unpaired) electrons. The zero-order chi connectivity index (χ0) is 27.8. The molecule has 2 amide bonds. The highest BCUT2D eigenvalue weighted by atomic mass is 16.5. The molecule has 39 heavy (non-hydrogen) atoms. The molecule has 0 saturated heterocycles. The molecule has 1 aromatic heterocycles. The number of amides is 2. The summed E-state index contributed by atoms with van der Waals surface area (Å²) in [4.78, 5) is 42.7. The van der Waals surface area contributed by atoms with Crippen LogP contribution in [0.1, 0.15) is 40.7 Å². The van der Waals surface area contributed by atoms with Gasteiger partial charge in [0.05, 0.1) is 24.2 Å². The van der Waals surface area contributed by atoms with Crippen molar-refractivity contribution in [2.24, 2.45) is 15.9 Å². The number of hydrazone groups is 1. The van der Waals surface area contributed by atoms with Gasteiger partial charge in [0.25, 0.3) is 5.91 Å². The van der Waals surface area contributed by atoms with Crippen LogP contribution in [0.15, 0.2) is 58.8 Å². The van der Waals surface area contributed by atoms with Gasteiger partial charge in [-0.3, -0.25) is 14.6 Å². The maximum absolute atomic E-state index is 13.2. The van der Waals surface area contributed by atoms with Gasteiger partial charge in [-0.2, -0.15) is 5.10 Å². The van der Waals surface area contributed by atoms with E-state index in [1.54, 1.807) is 24.3 Å². The van der Waals surface area contributed by atoms with E-state index in [4.69, 9.17) is 10.6 Å². The molecule has 3 N–H and O–H groups in total. The molecule has 0 fully saturated rings. The summed E-state index contributed by atoms with van der Waals surface area (Å²) in [6.07, 6.45) is 6.09. The van der Waals surface area contributed by atoms with Crippen LogP contribution in [-0.4, -0.2) is 66.3 Å². The van der Waals surface area contributed by atoms with Crippen LogP contribution in [0.2, 0.25) is 0 Å². The number of aryl methyl sites for hydroxylation is 1. The Kier molecular flexibility index (Phi) is 9.22. The number of benzene rings is 2. The van der Waals surface area contributed by atoms with Crippen molar-refractivity contribution in [3.05, 3.63) is 65.4 Å². The van der Waals surface area contributed by atoms with Gasteiger partial charge >= 0.3 is 0 Å². The number of nitrogens with one attached hydrogen (secondary N) is 1. The molecule has 1 atom stereocenters. The van der Waals surface area contributed by atoms with E-state index in [1.807, 2.05) is 36.5 Å². The lowest BCUT2D eigenvalue weighted by atomic mass is 9.98. The number of hydrogen-bond acceptors (Lipinski definition) is 7. The van der Waals surface area contributed by atoms with Crippen molar-refractivity contribution in [1.29, 1.82) is 0 Å². The van der Waals surface area contributed by atoms with Gasteiger partial charge in [0.15, 0.2) is 0 Å². The number of likely N-dealkylation sites (N-methyl/N-ethyl adjacent to an activating group) is 1. The number of nitrogens with zero attached hydrogens (tertiary/aromatic N) is 4. The Balaban J connectivity index is 1.44. The second kappa shape index (κ2) is 13.0. The normalized spacial score (nSPS) is 14.3. The molecule has 0 bridgehead atoms. The van der Waals surface area contributed by atoms with Gasteiger partial charge in [0.1, 0.15) is 12.3 Å². The van der Waals surface area contributed by atoms with Crippen LogP contribution >= 0.6 is 0 Å². The Bertz CT molecular complexity index is 1410. The molecule has 1 aliphatic rings. The van der Waals surface area contributed by atoms with E-state index in [9.17, 15) is 14.4 Å². The summed E-state index contributed by atoms with van der Waals surface area (Å²) in [6, 6.07) is 13.0. The molecule has 10 heteroatoms. The van der Waals surface area contributed by atoms with Crippen molar-refractivity contribution in [3.63, 3.8) is 0 Å². The molecular formula is C29H34N6O4. The summed E-state index contributed by atoms with van der Waals surface area (Å²) in [5.74, 6) is 5.20. The number of fused-ring (bicyclic) bond motifs is 2. The van der Waals surface area contributed by atoms with E-state index < -0.39 is 6.04 Å². The van der Waals surface area contributed by atoms with E-state index in [0.29, 0.717) is 37.3 Å². The number of hydrogen-bond donors (Lipinski definition) is 2. The van der Waals surface area contributed by atoms with Crippen LogP contribution in [-0.2, 0) is 33.8 Å². The molecule has 4 rings (SSSR count). The molecule has 1 aliphatic heterocycles. The van der Waals surface area contributed by atoms with Crippen LogP contribution in [0.4, 0.5) is 5.69 Å². The molecule has 2 aromatic carbocycles. The number of carbonyl (C=O) groups excluding carboxylic acids is 3. The number of aliphatic imine (C=N–C) groups is 1. The zero-order valence-electron chi connectivity index (χ0n) is 22.3. The van der Waals surface area contributed by atoms with Crippen molar-refractivity contribution in [3.8, 4) is 0 Å². The van der Waals surface area contributed by atoms with E-state index in [1.165, 1.54) is 7.05 Å². The van der Waals surface area contributed by atoms with E-state index in [0.717, 1.165) is 40.5 Å². The first kappa shape index (κ1) is 27.7. The molecule has 0 spiro atoms. The van der Waals surface area contributed by atoms with Crippen LogP contribution < -0.4 is 11.2 Å². The first-order valence-electron chi connectivity index (χ1n) is 13.0. The number of aldehydes is 1. The van der Waals surface area contributed by atoms with Gasteiger partial charge in [-0.05, 0) is 60.7 Å². The van der Waals surface area contributed by atoms with Crippen LogP contribution in [0.5, 0.6) is 0 Å². The molecular weight excluding hydrogens is 496 g/mol. The van der Waals surface area contributed by atoms with Gasteiger partial charge in [0, 0.05) is 56.3 Å². The first-order chi connectivity index (χ1) is 19.0. The average Bonchev–Trinajstić information content (AvgIpc) is 3.52. The second-order valence-electron chi connectivity index (χ2n) is 9.37. The van der Waals surface area contributed by atoms with E-state index in [-0.39, 0.29) is 24.7 Å². The predicted molar refractivity (Wildman–Crippen MR) is 151 cm³/mol. The fraction of sp³-hybridized carbons (Fsp3) is 0.345. The van der Waals surface area contributed by atoms with Crippen molar-refractivity contribution >= 4 is 46.6 Å². The third-order valence-electron chi connectivity index (χ3n) is 7.05. The monoisotopic (exact) mass is 530 g/mol. The Morgan fingerprint density at radius 2 is 2.10 bits per heavy atom. The Morgan fingerprint density at radius 1 is 1.26 bits per heavy atom. The molecule has 10 nitrogen and oxygen atoms in total. The third kappa shape index (κ3) is 6.23. The van der Waals surface area contributed by atoms with Crippen LogP contribution in [0, 0.1) is 0 Å². The quantitative estimate of drug-likeness (QED) is 0.152. The predicted octanol–water partition coefficient (Wildman–Crippen LogP) is 2.99. The van der Waals surface area contributed by atoms with Gasteiger partial charge in [-0.1, -0.05) is 12.1 Å². The summed E-state index contributed by atoms with van der Waals surface area (Å²) < 4.78 is 7.32. The summed E-state index contributed by atoms with van der Waals surface area (Å²) >= 11 is 0. The summed E-state index contributed by atoms with van der Waals surface area (Å²) in [6.45, 7) is 1.74. The number of aromatic nitrogens is 1. The highest BCUT2D eigenvalue weighted by Crippen LogP contribution is 2.30. The topological polar surface area (TPSA) is 131 Å². The number of nitrogens with two attached hydrogens (primary N) is 1. The fourth-order valence-electron chi connectivity index (χ4n) is 4.95. The van der Waals surface area contributed by atoms with Crippen LogP contribution in [0.25, 0.3) is 10.9 Å². The minimum absolute atomic E-state index is 0.202. The molecule has 0 saturated carbocycles. The average molecular weight is 531 g/mol. The van der Waals surface area contributed by atoms with E-state index >= 15 is 0 Å². The minimum atomic E-state index is -0.699. The van der Waals surface area contributed by atoms with Crippen molar-refractivity contribution in [1.82, 2.24) is 14.8 Å². The molecule has 204 valence electrons. The summed E-state index contributed by atoms with van der Waals surface area (Å²) in [5.41, 5.74) is 5.00. The molecule has 0 aliphatic carbocycles. The Labute approximate surface area is 227 Å². The van der Waals surface area contributed by atoms with E-state index in [2.05, 4.69) is 26.0 Å². The van der Waals surface area contributed by atoms with Gasteiger partial charge in [0.2, 0.25) is 5.91 Å². The van der Waals surface area contributed by atoms with Crippen molar-refractivity contribution < 1.29 is 19.1 Å². The Morgan fingerprint density at radius 3 is 2.85 bits per heavy atom. The standard InChI is InChI=1S/C29H34N6O4/c1-31-28(37)27(7-4-15-36)35-19-25-20(5-3-6-24(25)29(35)38)8-9-23(33-30)18-32-22-10-11-26-21(17-22)12-13-34(26)14-16-39-2/h3,5-6,10-13,15,17-18,27H,4,7-9,14,16,19,30H2,1-2H3,(H,31,37). The maximum atomic E-state index is 13.2. The largest absolute Gasteiger partial charge is 0.383 e.